The Kier molecular flexibility index (Phi) is 6.49. The molecule has 0 bridgehead atoms. The molecule has 0 spiro atoms. The second kappa shape index (κ2) is 8.82. The Morgan fingerprint density at radius 3 is 2.62 bits per heavy atom. The van der Waals surface area contributed by atoms with Crippen molar-refractivity contribution in [3.8, 4) is 17.2 Å². The number of carbonyl (C=O) groups is 1. The third-order valence-corrected chi connectivity index (χ3v) is 3.37. The summed E-state index contributed by atoms with van der Waals surface area (Å²) in [6.45, 7) is 5.09. The number of aromatic hydroxyl groups is 1. The summed E-state index contributed by atoms with van der Waals surface area (Å²) in [5.74, 6) is 1.01. The first kappa shape index (κ1) is 17.7. The molecule has 0 saturated heterocycles. The number of amides is 1. The van der Waals surface area contributed by atoms with Crippen molar-refractivity contribution in [2.45, 2.75) is 26.7 Å². The highest BCUT2D eigenvalue weighted by atomic mass is 16.5. The zero-order valence-electron chi connectivity index (χ0n) is 14.0. The molecular weight excluding hydrogens is 306 g/mol. The molecule has 0 aliphatic heterocycles. The van der Waals surface area contributed by atoms with Gasteiger partial charge in [0.05, 0.1) is 13.2 Å². The number of phenolic OH excluding ortho intramolecular Hbond substituents is 1. The summed E-state index contributed by atoms with van der Waals surface area (Å²) < 4.78 is 11.3. The molecule has 1 amide bonds. The highest BCUT2D eigenvalue weighted by Crippen LogP contribution is 2.29. The molecular formula is C19H23NO4. The van der Waals surface area contributed by atoms with Crippen LogP contribution in [0.25, 0.3) is 0 Å². The van der Waals surface area contributed by atoms with Gasteiger partial charge in [0.1, 0.15) is 5.75 Å². The van der Waals surface area contributed by atoms with Gasteiger partial charge in [0.15, 0.2) is 11.5 Å². The summed E-state index contributed by atoms with van der Waals surface area (Å²) >= 11 is 0. The van der Waals surface area contributed by atoms with Gasteiger partial charge in [0, 0.05) is 17.3 Å². The Morgan fingerprint density at radius 1 is 1.08 bits per heavy atom. The molecule has 0 unspecified atom stereocenters. The second-order valence-corrected chi connectivity index (χ2v) is 5.30. The molecule has 5 nitrogen and oxygen atoms in total. The largest absolute Gasteiger partial charge is 0.508 e. The third kappa shape index (κ3) is 4.91. The molecule has 2 rings (SSSR count). The van der Waals surface area contributed by atoms with E-state index in [2.05, 4.69) is 12.2 Å². The standard InChI is InChI=1S/C19H23NO4/c1-3-5-11-24-17-10-9-14(12-18(17)23-4-2)19(22)20-15-7-6-8-16(21)13-15/h6-10,12-13,21H,3-5,11H2,1-2H3,(H,20,22). The quantitative estimate of drug-likeness (QED) is 0.712. The minimum Gasteiger partial charge on any atom is -0.508 e. The number of rotatable bonds is 8. The molecule has 2 aromatic carbocycles. The fourth-order valence-electron chi connectivity index (χ4n) is 2.15. The van der Waals surface area contributed by atoms with Crippen LogP contribution >= 0.6 is 0 Å². The summed E-state index contributed by atoms with van der Waals surface area (Å²) in [5.41, 5.74) is 0.992. The first-order valence-corrected chi connectivity index (χ1v) is 8.14. The van der Waals surface area contributed by atoms with E-state index in [-0.39, 0.29) is 11.7 Å². The molecule has 128 valence electrons. The van der Waals surface area contributed by atoms with Crippen LogP contribution in [0.2, 0.25) is 0 Å². The van der Waals surface area contributed by atoms with E-state index in [0.29, 0.717) is 36.0 Å². The molecule has 0 saturated carbocycles. The third-order valence-electron chi connectivity index (χ3n) is 3.37. The summed E-state index contributed by atoms with van der Waals surface area (Å²) in [4.78, 5) is 12.4. The van der Waals surface area contributed by atoms with Gasteiger partial charge in [-0.25, -0.2) is 0 Å². The van der Waals surface area contributed by atoms with Crippen molar-refractivity contribution in [1.82, 2.24) is 0 Å². The fraction of sp³-hybridized carbons (Fsp3) is 0.316. The maximum Gasteiger partial charge on any atom is 0.255 e. The number of hydrogen-bond acceptors (Lipinski definition) is 4. The van der Waals surface area contributed by atoms with Crippen molar-refractivity contribution in [3.63, 3.8) is 0 Å². The van der Waals surface area contributed by atoms with E-state index >= 15 is 0 Å². The van der Waals surface area contributed by atoms with Crippen LogP contribution < -0.4 is 14.8 Å². The van der Waals surface area contributed by atoms with Gasteiger partial charge in [0.25, 0.3) is 5.91 Å². The maximum atomic E-state index is 12.4. The number of carbonyl (C=O) groups excluding carboxylic acids is 1. The number of unbranched alkanes of at least 4 members (excludes halogenated alkanes) is 1. The van der Waals surface area contributed by atoms with Crippen molar-refractivity contribution in [3.05, 3.63) is 48.0 Å². The zero-order valence-corrected chi connectivity index (χ0v) is 14.0. The van der Waals surface area contributed by atoms with E-state index in [4.69, 9.17) is 9.47 Å². The van der Waals surface area contributed by atoms with Crippen molar-refractivity contribution >= 4 is 11.6 Å². The van der Waals surface area contributed by atoms with E-state index in [1.54, 1.807) is 36.4 Å². The van der Waals surface area contributed by atoms with Crippen LogP contribution in [-0.2, 0) is 0 Å². The van der Waals surface area contributed by atoms with Gasteiger partial charge in [0.2, 0.25) is 0 Å². The highest BCUT2D eigenvalue weighted by Gasteiger charge is 2.12. The maximum absolute atomic E-state index is 12.4. The monoisotopic (exact) mass is 329 g/mol. The van der Waals surface area contributed by atoms with Gasteiger partial charge in [-0.1, -0.05) is 19.4 Å². The van der Waals surface area contributed by atoms with Gasteiger partial charge in [-0.3, -0.25) is 4.79 Å². The van der Waals surface area contributed by atoms with Crippen LogP contribution in [0, 0.1) is 0 Å². The lowest BCUT2D eigenvalue weighted by Gasteiger charge is -2.13. The Morgan fingerprint density at radius 2 is 1.92 bits per heavy atom. The predicted molar refractivity (Wildman–Crippen MR) is 94.1 cm³/mol. The molecule has 0 aromatic heterocycles. The minimum atomic E-state index is -0.276. The van der Waals surface area contributed by atoms with Crippen LogP contribution in [0.1, 0.15) is 37.0 Å². The first-order chi connectivity index (χ1) is 11.6. The SMILES string of the molecule is CCCCOc1ccc(C(=O)Nc2cccc(O)c2)cc1OCC. The van der Waals surface area contributed by atoms with Crippen molar-refractivity contribution in [2.24, 2.45) is 0 Å². The molecule has 0 aliphatic carbocycles. The smallest absolute Gasteiger partial charge is 0.255 e. The molecule has 5 heteroatoms. The molecule has 0 aliphatic rings. The summed E-state index contributed by atoms with van der Waals surface area (Å²) in [6.07, 6.45) is 2.01. The number of phenols is 1. The lowest BCUT2D eigenvalue weighted by molar-refractivity contribution is 0.102. The minimum absolute atomic E-state index is 0.0995. The van der Waals surface area contributed by atoms with E-state index in [0.717, 1.165) is 12.8 Å². The van der Waals surface area contributed by atoms with Crippen molar-refractivity contribution in [1.29, 1.82) is 0 Å². The first-order valence-electron chi connectivity index (χ1n) is 8.14. The Hall–Kier alpha value is -2.69. The fourth-order valence-corrected chi connectivity index (χ4v) is 2.15. The van der Waals surface area contributed by atoms with E-state index in [1.807, 2.05) is 6.92 Å². The Labute approximate surface area is 142 Å². The molecule has 24 heavy (non-hydrogen) atoms. The molecule has 0 fully saturated rings. The molecule has 0 radical (unpaired) electrons. The number of nitrogens with one attached hydrogen (secondary N) is 1. The van der Waals surface area contributed by atoms with Gasteiger partial charge in [-0.2, -0.15) is 0 Å². The predicted octanol–water partition coefficient (Wildman–Crippen LogP) is 4.22. The summed E-state index contributed by atoms with van der Waals surface area (Å²) in [6, 6.07) is 11.5. The number of ether oxygens (including phenoxy) is 2. The summed E-state index contributed by atoms with van der Waals surface area (Å²) in [5, 5.41) is 12.2. The Balaban J connectivity index is 2.14. The van der Waals surface area contributed by atoms with Gasteiger partial charge in [-0.05, 0) is 43.7 Å². The summed E-state index contributed by atoms with van der Waals surface area (Å²) in [7, 11) is 0. The highest BCUT2D eigenvalue weighted by molar-refractivity contribution is 6.04. The molecule has 0 atom stereocenters. The van der Waals surface area contributed by atoms with Crippen LogP contribution in [0.5, 0.6) is 17.2 Å². The van der Waals surface area contributed by atoms with Crippen LogP contribution in [0.3, 0.4) is 0 Å². The van der Waals surface area contributed by atoms with Crippen LogP contribution in [-0.4, -0.2) is 24.2 Å². The van der Waals surface area contributed by atoms with Crippen LogP contribution in [0.15, 0.2) is 42.5 Å². The molecule has 2 N–H and O–H groups in total. The average molecular weight is 329 g/mol. The van der Waals surface area contributed by atoms with E-state index in [1.165, 1.54) is 6.07 Å². The molecule has 2 aromatic rings. The van der Waals surface area contributed by atoms with Gasteiger partial charge < -0.3 is 19.9 Å². The second-order valence-electron chi connectivity index (χ2n) is 5.30. The van der Waals surface area contributed by atoms with Crippen LogP contribution in [0.4, 0.5) is 5.69 Å². The molecule has 0 heterocycles. The van der Waals surface area contributed by atoms with E-state index < -0.39 is 0 Å². The van der Waals surface area contributed by atoms with Crippen molar-refractivity contribution in [2.75, 3.05) is 18.5 Å². The normalized spacial score (nSPS) is 10.2. The average Bonchev–Trinajstić information content (AvgIpc) is 2.56. The number of benzene rings is 2. The van der Waals surface area contributed by atoms with Gasteiger partial charge >= 0.3 is 0 Å². The zero-order chi connectivity index (χ0) is 17.4. The lowest BCUT2D eigenvalue weighted by Crippen LogP contribution is -2.12. The van der Waals surface area contributed by atoms with Gasteiger partial charge in [-0.15, -0.1) is 0 Å². The number of anilines is 1. The lowest BCUT2D eigenvalue weighted by atomic mass is 10.1. The topological polar surface area (TPSA) is 67.8 Å². The van der Waals surface area contributed by atoms with Crippen molar-refractivity contribution < 1.29 is 19.4 Å². The Bertz CT molecular complexity index is 685. The number of hydrogen-bond donors (Lipinski definition) is 2. The van der Waals surface area contributed by atoms with E-state index in [9.17, 15) is 9.90 Å².